The van der Waals surface area contributed by atoms with E-state index in [1.807, 2.05) is 18.2 Å². The van der Waals surface area contributed by atoms with Gasteiger partial charge < -0.3 is 20.4 Å². The number of amides is 1. The van der Waals surface area contributed by atoms with Crippen LogP contribution in [0.5, 0.6) is 5.75 Å². The molecule has 2 heterocycles. The third-order valence-electron chi connectivity index (χ3n) is 5.88. The smallest absolute Gasteiger partial charge is 0.271 e. The summed E-state index contributed by atoms with van der Waals surface area (Å²) in [5, 5.41) is 18.2. The van der Waals surface area contributed by atoms with E-state index in [-0.39, 0.29) is 22.2 Å². The van der Waals surface area contributed by atoms with Gasteiger partial charge in [-0.3, -0.25) is 9.89 Å². The molecular formula is C21H22ClN6O3P. The van der Waals surface area contributed by atoms with Gasteiger partial charge in [0.1, 0.15) is 7.14 Å². The number of nitrogens with zero attached hydrogens (tertiary/aromatic N) is 3. The van der Waals surface area contributed by atoms with Crippen LogP contribution in [-0.4, -0.2) is 44.7 Å². The summed E-state index contributed by atoms with van der Waals surface area (Å²) in [5.74, 6) is -0.235. The number of nitrogens with one attached hydrogen (secondary N) is 2. The lowest BCUT2D eigenvalue weighted by molar-refractivity contribution is 0.0995. The lowest BCUT2D eigenvalue weighted by Gasteiger charge is -2.15. The standard InChI is InChI=1S/C21H22ClN6O3P/c1-31-20-13(15-10-18(27-25-15)32(30,11-5-6-11)12-7-8-12)3-2-4-14(20)24-16-9-17(22)26-28-19(16)21(23)29/h2-4,9-12H,5-8H2,1H3,(H2,23,29)(H,24,26)(H,25,27). The van der Waals surface area contributed by atoms with Gasteiger partial charge in [0.05, 0.1) is 29.6 Å². The molecule has 1 amide bonds. The lowest BCUT2D eigenvalue weighted by Crippen LogP contribution is -2.16. The first-order valence-electron chi connectivity index (χ1n) is 10.3. The van der Waals surface area contributed by atoms with Crippen molar-refractivity contribution in [3.63, 3.8) is 0 Å². The molecule has 2 aromatic heterocycles. The molecule has 2 fully saturated rings. The normalized spacial score (nSPS) is 16.1. The number of benzene rings is 1. The number of hydrogen-bond donors (Lipinski definition) is 3. The molecule has 166 valence electrons. The molecular weight excluding hydrogens is 451 g/mol. The minimum atomic E-state index is -2.46. The summed E-state index contributed by atoms with van der Waals surface area (Å²) in [6, 6.07) is 8.84. The number of aromatic amines is 1. The van der Waals surface area contributed by atoms with E-state index in [2.05, 4.69) is 25.7 Å². The van der Waals surface area contributed by atoms with Crippen LogP contribution in [0.2, 0.25) is 5.15 Å². The Labute approximate surface area is 189 Å². The molecule has 4 N–H and O–H groups in total. The van der Waals surface area contributed by atoms with Crippen LogP contribution in [0.3, 0.4) is 0 Å². The zero-order valence-corrected chi connectivity index (χ0v) is 19.0. The van der Waals surface area contributed by atoms with E-state index in [0.29, 0.717) is 28.4 Å². The van der Waals surface area contributed by atoms with Gasteiger partial charge >= 0.3 is 0 Å². The zero-order chi connectivity index (χ0) is 22.5. The second-order valence-corrected chi connectivity index (χ2v) is 11.9. The number of anilines is 2. The third-order valence-corrected chi connectivity index (χ3v) is 10.3. The maximum Gasteiger partial charge on any atom is 0.271 e. The van der Waals surface area contributed by atoms with E-state index in [4.69, 9.17) is 22.1 Å². The first kappa shape index (κ1) is 21.0. The fourth-order valence-electron chi connectivity index (χ4n) is 4.08. The topological polar surface area (TPSA) is 136 Å². The van der Waals surface area contributed by atoms with E-state index >= 15 is 0 Å². The van der Waals surface area contributed by atoms with E-state index in [1.165, 1.54) is 6.07 Å². The number of para-hydroxylation sites is 1. The van der Waals surface area contributed by atoms with Crippen LogP contribution in [0, 0.1) is 0 Å². The Hall–Kier alpha value is -2.90. The van der Waals surface area contributed by atoms with Gasteiger partial charge in [-0.2, -0.15) is 5.10 Å². The summed E-state index contributed by atoms with van der Waals surface area (Å²) < 4.78 is 19.5. The summed E-state index contributed by atoms with van der Waals surface area (Å²) in [6.45, 7) is 0. The van der Waals surface area contributed by atoms with Crippen molar-refractivity contribution in [1.29, 1.82) is 0 Å². The molecule has 11 heteroatoms. The average Bonchev–Trinajstić information content (AvgIpc) is 3.70. The summed E-state index contributed by atoms with van der Waals surface area (Å²) in [6.07, 6.45) is 4.09. The highest BCUT2D eigenvalue weighted by Crippen LogP contribution is 2.69. The summed E-state index contributed by atoms with van der Waals surface area (Å²) >= 11 is 5.96. The molecule has 0 atom stereocenters. The first-order chi connectivity index (χ1) is 15.4. The predicted molar refractivity (Wildman–Crippen MR) is 123 cm³/mol. The highest BCUT2D eigenvalue weighted by molar-refractivity contribution is 7.73. The van der Waals surface area contributed by atoms with Crippen LogP contribution in [0.15, 0.2) is 30.3 Å². The van der Waals surface area contributed by atoms with E-state index in [9.17, 15) is 9.36 Å². The van der Waals surface area contributed by atoms with Gasteiger partial charge in [0.25, 0.3) is 5.91 Å². The number of halogens is 1. The molecule has 2 aliphatic carbocycles. The van der Waals surface area contributed by atoms with Crippen molar-refractivity contribution >= 4 is 41.5 Å². The fraction of sp³-hybridized carbons (Fsp3) is 0.333. The van der Waals surface area contributed by atoms with Crippen molar-refractivity contribution in [2.24, 2.45) is 5.73 Å². The van der Waals surface area contributed by atoms with E-state index in [1.54, 1.807) is 13.2 Å². The van der Waals surface area contributed by atoms with Crippen molar-refractivity contribution in [2.75, 3.05) is 12.4 Å². The van der Waals surface area contributed by atoms with Crippen LogP contribution in [0.4, 0.5) is 11.4 Å². The van der Waals surface area contributed by atoms with Crippen LogP contribution in [0.1, 0.15) is 36.2 Å². The van der Waals surface area contributed by atoms with Gasteiger partial charge in [-0.1, -0.05) is 17.7 Å². The number of carbonyl (C=O) groups excluding carboxylic acids is 1. The number of methoxy groups -OCH3 is 1. The van der Waals surface area contributed by atoms with Crippen LogP contribution in [0.25, 0.3) is 11.3 Å². The molecule has 2 aliphatic rings. The molecule has 0 radical (unpaired) electrons. The number of primary amides is 1. The summed E-state index contributed by atoms with van der Waals surface area (Å²) in [7, 11) is -0.917. The molecule has 9 nitrogen and oxygen atoms in total. The first-order valence-corrected chi connectivity index (χ1v) is 12.6. The minimum absolute atomic E-state index is 0.0429. The van der Waals surface area contributed by atoms with Crippen LogP contribution >= 0.6 is 18.7 Å². The van der Waals surface area contributed by atoms with E-state index < -0.39 is 13.0 Å². The Kier molecular flexibility index (Phi) is 5.18. The van der Waals surface area contributed by atoms with Crippen molar-refractivity contribution < 1.29 is 14.1 Å². The lowest BCUT2D eigenvalue weighted by atomic mass is 10.1. The Morgan fingerprint density at radius 2 is 1.91 bits per heavy atom. The number of carbonyl (C=O) groups is 1. The number of hydrogen-bond acceptors (Lipinski definition) is 7. The zero-order valence-electron chi connectivity index (χ0n) is 17.3. The number of rotatable bonds is 8. The van der Waals surface area contributed by atoms with Crippen molar-refractivity contribution in [3.8, 4) is 17.0 Å². The van der Waals surface area contributed by atoms with Crippen molar-refractivity contribution in [1.82, 2.24) is 20.4 Å². The summed E-state index contributed by atoms with van der Waals surface area (Å²) in [4.78, 5) is 11.7. The summed E-state index contributed by atoms with van der Waals surface area (Å²) in [5.41, 5.74) is 8.92. The molecule has 0 aliphatic heterocycles. The maximum absolute atomic E-state index is 13.8. The molecule has 32 heavy (non-hydrogen) atoms. The molecule has 0 bridgehead atoms. The van der Waals surface area contributed by atoms with Crippen LogP contribution < -0.4 is 21.2 Å². The van der Waals surface area contributed by atoms with Crippen molar-refractivity contribution in [2.45, 2.75) is 37.0 Å². The van der Waals surface area contributed by atoms with Gasteiger partial charge in [-0.05, 0) is 43.9 Å². The molecule has 5 rings (SSSR count). The fourth-order valence-corrected chi connectivity index (χ4v) is 7.98. The molecule has 0 spiro atoms. The largest absolute Gasteiger partial charge is 0.494 e. The predicted octanol–water partition coefficient (Wildman–Crippen LogP) is 3.68. The number of nitrogens with two attached hydrogens (primary N) is 1. The van der Waals surface area contributed by atoms with Gasteiger partial charge in [0.2, 0.25) is 0 Å². The molecule has 3 aromatic rings. The number of ether oxygens (including phenoxy) is 1. The van der Waals surface area contributed by atoms with E-state index in [0.717, 1.165) is 31.1 Å². The minimum Gasteiger partial charge on any atom is -0.494 e. The van der Waals surface area contributed by atoms with Gasteiger partial charge in [0.15, 0.2) is 16.6 Å². The highest BCUT2D eigenvalue weighted by atomic mass is 35.5. The Morgan fingerprint density at radius 1 is 1.19 bits per heavy atom. The quantitative estimate of drug-likeness (QED) is 0.425. The number of aromatic nitrogens is 4. The third kappa shape index (κ3) is 3.65. The van der Waals surface area contributed by atoms with Gasteiger partial charge in [-0.25, -0.2) is 0 Å². The maximum atomic E-state index is 13.8. The van der Waals surface area contributed by atoms with Gasteiger partial charge in [0, 0.05) is 22.9 Å². The Bertz CT molecular complexity index is 1240. The SMILES string of the molecule is COc1c(Nc2cc(Cl)nnc2C(N)=O)cccc1-c1cc(P(=O)(C2CC2)C2CC2)[nH]n1. The molecule has 0 saturated heterocycles. The Balaban J connectivity index is 1.52. The Morgan fingerprint density at radius 3 is 2.53 bits per heavy atom. The van der Waals surface area contributed by atoms with Crippen molar-refractivity contribution in [3.05, 3.63) is 41.2 Å². The monoisotopic (exact) mass is 472 g/mol. The molecule has 2 saturated carbocycles. The number of H-pyrrole nitrogens is 1. The van der Waals surface area contributed by atoms with Crippen LogP contribution in [-0.2, 0) is 4.57 Å². The molecule has 0 unspecified atom stereocenters. The second kappa shape index (κ2) is 7.90. The highest BCUT2D eigenvalue weighted by Gasteiger charge is 2.52. The average molecular weight is 473 g/mol. The van der Waals surface area contributed by atoms with Gasteiger partial charge in [-0.15, -0.1) is 10.2 Å². The molecule has 1 aromatic carbocycles. The second-order valence-electron chi connectivity index (χ2n) is 8.12.